The first-order valence-corrected chi connectivity index (χ1v) is 23.3. The zero-order valence-corrected chi connectivity index (χ0v) is 35.5. The Balaban J connectivity index is 3.71. The average Bonchev–Trinajstić information content (AvgIpc) is 3.07. The Morgan fingerprint density at radius 2 is 0.902 bits per heavy atom. The molecule has 0 aliphatic carbocycles. The van der Waals surface area contributed by atoms with Crippen LogP contribution in [0.2, 0.25) is 0 Å². The molecule has 2 unspecified atom stereocenters. The number of nitrogens with zero attached hydrogens (tertiary/aromatic N) is 1. The van der Waals surface area contributed by atoms with Crippen LogP contribution in [0.15, 0.2) is 0 Å². The van der Waals surface area contributed by atoms with E-state index in [2.05, 4.69) is 13.8 Å². The van der Waals surface area contributed by atoms with Crippen LogP contribution < -0.4 is 0 Å². The highest BCUT2D eigenvalue weighted by Gasteiger charge is 2.26. The minimum absolute atomic E-state index is 0.0921. The number of quaternary nitrogens is 1. The van der Waals surface area contributed by atoms with E-state index in [1.807, 2.05) is 21.1 Å². The van der Waals surface area contributed by atoms with E-state index in [9.17, 15) is 14.3 Å². The van der Waals surface area contributed by atoms with Crippen molar-refractivity contribution in [1.82, 2.24) is 0 Å². The van der Waals surface area contributed by atoms with Crippen LogP contribution in [0.5, 0.6) is 0 Å². The molecule has 0 aliphatic rings. The standard InChI is InChI=1S/C42H86NO7P/c1-6-8-10-11-12-13-14-15-16-17-18-19-20-21-22-23-24-25-26-27-28-29-30-31-32-34-37-47-39-41(50-42(44)35-33-9-7-2)40-49-51(45,46)48-38-36-43(3,4)5/h41H,6-40H2,1-5H3/p+1. The molecule has 306 valence electrons. The molecule has 8 nitrogen and oxygen atoms in total. The van der Waals surface area contributed by atoms with Gasteiger partial charge in [-0.05, 0) is 12.8 Å². The lowest BCUT2D eigenvalue weighted by Crippen LogP contribution is -2.37. The number of likely N-dealkylation sites (N-methyl/N-ethyl adjacent to an activating group) is 1. The molecule has 0 spiro atoms. The third kappa shape index (κ3) is 40.5. The number of carbonyl (C=O) groups is 1. The largest absolute Gasteiger partial charge is 0.472 e. The molecule has 2 atom stereocenters. The van der Waals surface area contributed by atoms with Gasteiger partial charge < -0.3 is 18.9 Å². The Hall–Kier alpha value is -0.500. The second kappa shape index (κ2) is 36.5. The van der Waals surface area contributed by atoms with Gasteiger partial charge in [0, 0.05) is 13.0 Å². The van der Waals surface area contributed by atoms with Gasteiger partial charge in [-0.25, -0.2) is 4.57 Å². The summed E-state index contributed by atoms with van der Waals surface area (Å²) in [6, 6.07) is 0. The smallest absolute Gasteiger partial charge is 0.457 e. The third-order valence-corrected chi connectivity index (χ3v) is 10.7. The van der Waals surface area contributed by atoms with Crippen LogP contribution >= 0.6 is 7.82 Å². The molecule has 0 aromatic carbocycles. The summed E-state index contributed by atoms with van der Waals surface area (Å²) >= 11 is 0. The fraction of sp³-hybridized carbons (Fsp3) is 0.976. The molecule has 0 saturated heterocycles. The summed E-state index contributed by atoms with van der Waals surface area (Å²) in [6.45, 7) is 5.49. The van der Waals surface area contributed by atoms with Crippen molar-refractivity contribution in [2.24, 2.45) is 0 Å². The Labute approximate surface area is 317 Å². The first kappa shape index (κ1) is 50.5. The quantitative estimate of drug-likeness (QED) is 0.0288. The summed E-state index contributed by atoms with van der Waals surface area (Å²) in [5.41, 5.74) is 0. The molecule has 0 bridgehead atoms. The second-order valence-corrected chi connectivity index (χ2v) is 17.5. The van der Waals surface area contributed by atoms with E-state index in [0.29, 0.717) is 24.1 Å². The highest BCUT2D eigenvalue weighted by atomic mass is 31.2. The molecule has 9 heteroatoms. The number of rotatable bonds is 41. The molecule has 0 aromatic heterocycles. The zero-order valence-electron chi connectivity index (χ0n) is 34.6. The van der Waals surface area contributed by atoms with Crippen LogP contribution in [0.1, 0.15) is 206 Å². The normalized spacial score (nSPS) is 13.8. The molecule has 0 radical (unpaired) electrons. The van der Waals surface area contributed by atoms with E-state index in [4.69, 9.17) is 18.5 Å². The molecule has 0 fully saturated rings. The van der Waals surface area contributed by atoms with Gasteiger partial charge in [-0.3, -0.25) is 13.8 Å². The molecular weight excluding hydrogens is 661 g/mol. The highest BCUT2D eigenvalue weighted by Crippen LogP contribution is 2.43. The fourth-order valence-corrected chi connectivity index (χ4v) is 7.00. The van der Waals surface area contributed by atoms with Crippen molar-refractivity contribution < 1.29 is 37.3 Å². The molecule has 0 aromatic rings. The number of ether oxygens (including phenoxy) is 2. The van der Waals surface area contributed by atoms with Gasteiger partial charge >= 0.3 is 13.8 Å². The lowest BCUT2D eigenvalue weighted by Gasteiger charge is -2.24. The maximum Gasteiger partial charge on any atom is 0.472 e. The van der Waals surface area contributed by atoms with Crippen molar-refractivity contribution in [3.8, 4) is 0 Å². The topological polar surface area (TPSA) is 91.3 Å². The molecule has 0 heterocycles. The van der Waals surface area contributed by atoms with E-state index in [0.717, 1.165) is 32.1 Å². The van der Waals surface area contributed by atoms with E-state index >= 15 is 0 Å². The van der Waals surface area contributed by atoms with E-state index in [1.54, 1.807) is 0 Å². The Morgan fingerprint density at radius 3 is 1.29 bits per heavy atom. The van der Waals surface area contributed by atoms with Crippen molar-refractivity contribution in [3.05, 3.63) is 0 Å². The van der Waals surface area contributed by atoms with Crippen molar-refractivity contribution in [1.29, 1.82) is 0 Å². The number of unbranched alkanes of at least 4 members (excludes halogenated alkanes) is 27. The summed E-state index contributed by atoms with van der Waals surface area (Å²) in [5.74, 6) is -0.334. The average molecular weight is 749 g/mol. The summed E-state index contributed by atoms with van der Waals surface area (Å²) in [7, 11) is 1.68. The SMILES string of the molecule is CCCCCCCCCCCCCCCCCCCCCCCCCCCCOCC(COP(=O)(O)OCC[N+](C)(C)C)OC(=O)CCCCC. The van der Waals surface area contributed by atoms with E-state index < -0.39 is 13.9 Å². The maximum atomic E-state index is 12.3. The fourth-order valence-electron chi connectivity index (χ4n) is 6.26. The summed E-state index contributed by atoms with van der Waals surface area (Å²) in [5, 5.41) is 0. The van der Waals surface area contributed by atoms with Crippen LogP contribution in [-0.2, 0) is 27.9 Å². The molecule has 0 rings (SSSR count). The molecule has 0 amide bonds. The van der Waals surface area contributed by atoms with Gasteiger partial charge in [-0.1, -0.05) is 187 Å². The molecule has 51 heavy (non-hydrogen) atoms. The van der Waals surface area contributed by atoms with Crippen LogP contribution in [0, 0.1) is 0 Å². The summed E-state index contributed by atoms with van der Waals surface area (Å²) in [6.07, 6.45) is 38.1. The van der Waals surface area contributed by atoms with Gasteiger partial charge in [0.1, 0.15) is 19.3 Å². The van der Waals surface area contributed by atoms with Gasteiger partial charge in [-0.15, -0.1) is 0 Å². The Kier molecular flexibility index (Phi) is 36.1. The predicted molar refractivity (Wildman–Crippen MR) is 215 cm³/mol. The minimum atomic E-state index is -4.24. The first-order valence-electron chi connectivity index (χ1n) is 21.8. The number of esters is 1. The van der Waals surface area contributed by atoms with Gasteiger partial charge in [0.05, 0.1) is 34.4 Å². The minimum Gasteiger partial charge on any atom is -0.457 e. The molecular formula is C42H87NO7P+. The third-order valence-electron chi connectivity index (χ3n) is 9.67. The first-order chi connectivity index (χ1) is 24.6. The molecule has 1 N–H and O–H groups in total. The van der Waals surface area contributed by atoms with Gasteiger partial charge in [-0.2, -0.15) is 0 Å². The van der Waals surface area contributed by atoms with E-state index in [-0.39, 0.29) is 25.8 Å². The Morgan fingerprint density at radius 1 is 0.529 bits per heavy atom. The van der Waals surface area contributed by atoms with Crippen molar-refractivity contribution in [3.63, 3.8) is 0 Å². The van der Waals surface area contributed by atoms with Gasteiger partial charge in [0.15, 0.2) is 0 Å². The van der Waals surface area contributed by atoms with Crippen LogP contribution in [-0.4, -0.2) is 75.6 Å². The lowest BCUT2D eigenvalue weighted by molar-refractivity contribution is -0.870. The lowest BCUT2D eigenvalue weighted by atomic mass is 10.0. The number of hydrogen-bond donors (Lipinski definition) is 1. The van der Waals surface area contributed by atoms with E-state index in [1.165, 1.54) is 154 Å². The van der Waals surface area contributed by atoms with Gasteiger partial charge in [0.25, 0.3) is 0 Å². The predicted octanol–water partition coefficient (Wildman–Crippen LogP) is 12.5. The van der Waals surface area contributed by atoms with Gasteiger partial charge in [0.2, 0.25) is 0 Å². The monoisotopic (exact) mass is 749 g/mol. The van der Waals surface area contributed by atoms with Crippen LogP contribution in [0.3, 0.4) is 0 Å². The zero-order chi connectivity index (χ0) is 37.7. The molecule has 0 aliphatic heterocycles. The summed E-state index contributed by atoms with van der Waals surface area (Å²) in [4.78, 5) is 22.4. The maximum absolute atomic E-state index is 12.3. The Bertz CT molecular complexity index is 792. The van der Waals surface area contributed by atoms with Crippen molar-refractivity contribution in [2.45, 2.75) is 213 Å². The number of phosphoric ester groups is 1. The molecule has 0 saturated carbocycles. The number of carbonyl (C=O) groups excluding carboxylic acids is 1. The van der Waals surface area contributed by atoms with Crippen LogP contribution in [0.4, 0.5) is 0 Å². The second-order valence-electron chi connectivity index (χ2n) is 16.1. The summed E-state index contributed by atoms with van der Waals surface area (Å²) < 4.78 is 34.5. The van der Waals surface area contributed by atoms with Crippen LogP contribution in [0.25, 0.3) is 0 Å². The number of phosphoric acid groups is 1. The highest BCUT2D eigenvalue weighted by molar-refractivity contribution is 7.47. The number of hydrogen-bond acceptors (Lipinski definition) is 6. The van der Waals surface area contributed by atoms with Crippen molar-refractivity contribution >= 4 is 13.8 Å². The van der Waals surface area contributed by atoms with Crippen molar-refractivity contribution in [2.75, 3.05) is 54.1 Å².